The second-order valence-electron chi connectivity index (χ2n) is 3.89. The molecule has 0 spiro atoms. The van der Waals surface area contributed by atoms with Crippen molar-refractivity contribution in [2.24, 2.45) is 0 Å². The number of hydrogen-bond acceptors (Lipinski definition) is 4. The van der Waals surface area contributed by atoms with Crippen molar-refractivity contribution in [1.29, 1.82) is 0 Å². The van der Waals surface area contributed by atoms with Crippen LogP contribution in [0.5, 0.6) is 11.5 Å². The second-order valence-corrected chi connectivity index (χ2v) is 3.89. The zero-order valence-electron chi connectivity index (χ0n) is 11.5. The molecule has 0 fully saturated rings. The number of likely N-dealkylation sites (N-methyl/N-ethyl adjacent to an activating group) is 1. The van der Waals surface area contributed by atoms with Crippen LogP contribution >= 0.6 is 0 Å². The third-order valence-electron chi connectivity index (χ3n) is 2.68. The maximum absolute atomic E-state index is 5.55. The predicted octanol–water partition coefficient (Wildman–Crippen LogP) is 1.87. The summed E-state index contributed by atoms with van der Waals surface area (Å²) >= 11 is 0. The zero-order valence-corrected chi connectivity index (χ0v) is 11.5. The number of ether oxygens (including phenoxy) is 3. The molecule has 0 aliphatic carbocycles. The summed E-state index contributed by atoms with van der Waals surface area (Å²) in [4.78, 5) is 0. The van der Waals surface area contributed by atoms with E-state index in [1.165, 1.54) is 0 Å². The lowest BCUT2D eigenvalue weighted by molar-refractivity contribution is 0.139. The predicted molar refractivity (Wildman–Crippen MR) is 72.6 cm³/mol. The van der Waals surface area contributed by atoms with Crippen molar-refractivity contribution in [2.45, 2.75) is 13.3 Å². The molecule has 0 unspecified atom stereocenters. The van der Waals surface area contributed by atoms with Crippen LogP contribution in [-0.4, -0.2) is 40.5 Å². The maximum atomic E-state index is 5.55. The molecule has 0 amide bonds. The normalized spacial score (nSPS) is 10.4. The van der Waals surface area contributed by atoms with Gasteiger partial charge in [0.05, 0.1) is 27.4 Å². The first-order chi connectivity index (χ1) is 8.81. The molecule has 0 saturated heterocycles. The van der Waals surface area contributed by atoms with Crippen molar-refractivity contribution < 1.29 is 14.2 Å². The molecule has 18 heavy (non-hydrogen) atoms. The molecule has 0 saturated carbocycles. The third kappa shape index (κ3) is 4.94. The number of nitrogens with one attached hydrogen (secondary N) is 1. The molecular formula is C14H23NO3. The van der Waals surface area contributed by atoms with Crippen LogP contribution in [0.2, 0.25) is 0 Å². The van der Waals surface area contributed by atoms with Crippen molar-refractivity contribution in [3.63, 3.8) is 0 Å². The van der Waals surface area contributed by atoms with E-state index in [4.69, 9.17) is 14.2 Å². The van der Waals surface area contributed by atoms with Gasteiger partial charge in [-0.2, -0.15) is 0 Å². The van der Waals surface area contributed by atoms with Gasteiger partial charge in [-0.15, -0.1) is 0 Å². The van der Waals surface area contributed by atoms with Gasteiger partial charge < -0.3 is 19.5 Å². The van der Waals surface area contributed by atoms with Crippen LogP contribution in [0, 0.1) is 0 Å². The molecule has 0 aliphatic rings. The Balaban J connectivity index is 2.39. The Labute approximate surface area is 109 Å². The Morgan fingerprint density at radius 3 is 2.61 bits per heavy atom. The minimum Gasteiger partial charge on any atom is -0.497 e. The van der Waals surface area contributed by atoms with Gasteiger partial charge in [0.25, 0.3) is 0 Å². The minimum absolute atomic E-state index is 0.689. The summed E-state index contributed by atoms with van der Waals surface area (Å²) in [6.45, 7) is 5.38. The lowest BCUT2D eigenvalue weighted by Crippen LogP contribution is -2.19. The van der Waals surface area contributed by atoms with Crippen LogP contribution in [0.1, 0.15) is 12.5 Å². The second kappa shape index (κ2) is 8.78. The molecular weight excluding hydrogens is 230 g/mol. The highest BCUT2D eigenvalue weighted by Crippen LogP contribution is 2.24. The van der Waals surface area contributed by atoms with Gasteiger partial charge in [-0.3, -0.25) is 0 Å². The Morgan fingerprint density at radius 1 is 1.11 bits per heavy atom. The quantitative estimate of drug-likeness (QED) is 0.682. The van der Waals surface area contributed by atoms with Crippen LogP contribution < -0.4 is 14.8 Å². The maximum Gasteiger partial charge on any atom is 0.122 e. The van der Waals surface area contributed by atoms with E-state index < -0.39 is 0 Å². The van der Waals surface area contributed by atoms with E-state index in [2.05, 4.69) is 12.2 Å². The summed E-state index contributed by atoms with van der Waals surface area (Å²) < 4.78 is 16.1. The van der Waals surface area contributed by atoms with Crippen molar-refractivity contribution >= 4 is 0 Å². The number of methoxy groups -OCH3 is 2. The summed E-state index contributed by atoms with van der Waals surface area (Å²) in [5, 5.41) is 3.22. The van der Waals surface area contributed by atoms with Gasteiger partial charge in [-0.25, -0.2) is 0 Å². The third-order valence-corrected chi connectivity index (χ3v) is 2.68. The molecule has 1 aromatic rings. The van der Waals surface area contributed by atoms with Crippen molar-refractivity contribution in [3.05, 3.63) is 23.8 Å². The van der Waals surface area contributed by atoms with Crippen molar-refractivity contribution in [3.8, 4) is 11.5 Å². The van der Waals surface area contributed by atoms with Crippen molar-refractivity contribution in [2.75, 3.05) is 40.5 Å². The fraction of sp³-hybridized carbons (Fsp3) is 0.571. The number of rotatable bonds is 9. The summed E-state index contributed by atoms with van der Waals surface area (Å²) in [6.07, 6.45) is 0.826. The van der Waals surface area contributed by atoms with E-state index in [0.29, 0.717) is 6.61 Å². The molecule has 1 N–H and O–H groups in total. The highest BCUT2D eigenvalue weighted by atomic mass is 16.5. The van der Waals surface area contributed by atoms with Crippen LogP contribution in [0.15, 0.2) is 18.2 Å². The summed E-state index contributed by atoms with van der Waals surface area (Å²) in [5.74, 6) is 1.73. The van der Waals surface area contributed by atoms with Crippen LogP contribution in [0.3, 0.4) is 0 Å². The van der Waals surface area contributed by atoms with E-state index in [1.54, 1.807) is 14.2 Å². The molecule has 0 aromatic heterocycles. The van der Waals surface area contributed by atoms with Gasteiger partial charge in [0.15, 0.2) is 0 Å². The average Bonchev–Trinajstić information content (AvgIpc) is 2.42. The summed E-state index contributed by atoms with van der Waals surface area (Å²) in [6, 6.07) is 5.81. The molecule has 102 valence electrons. The molecule has 0 heterocycles. The van der Waals surface area contributed by atoms with Gasteiger partial charge in [-0.05, 0) is 31.2 Å². The lowest BCUT2D eigenvalue weighted by Gasteiger charge is -2.10. The van der Waals surface area contributed by atoms with Crippen LogP contribution in [0.25, 0.3) is 0 Å². The van der Waals surface area contributed by atoms with E-state index in [9.17, 15) is 0 Å². The molecule has 0 radical (unpaired) electrons. The topological polar surface area (TPSA) is 39.7 Å². The monoisotopic (exact) mass is 253 g/mol. The first kappa shape index (κ1) is 14.8. The zero-order chi connectivity index (χ0) is 13.2. The van der Waals surface area contributed by atoms with E-state index >= 15 is 0 Å². The molecule has 4 heteroatoms. The van der Waals surface area contributed by atoms with E-state index in [1.807, 2.05) is 18.2 Å². The highest BCUT2D eigenvalue weighted by molar-refractivity contribution is 5.40. The first-order valence-corrected chi connectivity index (χ1v) is 6.31. The van der Waals surface area contributed by atoms with Crippen LogP contribution in [0.4, 0.5) is 0 Å². The summed E-state index contributed by atoms with van der Waals surface area (Å²) in [5.41, 5.74) is 1.11. The molecule has 1 aromatic carbocycles. The first-order valence-electron chi connectivity index (χ1n) is 6.31. The Morgan fingerprint density at radius 2 is 1.94 bits per heavy atom. The van der Waals surface area contributed by atoms with E-state index in [-0.39, 0.29) is 0 Å². The molecule has 4 nitrogen and oxygen atoms in total. The Bertz CT molecular complexity index is 342. The van der Waals surface area contributed by atoms with Gasteiger partial charge in [-0.1, -0.05) is 6.92 Å². The molecule has 0 aliphatic heterocycles. The SMILES string of the molecule is CCNCCOCCc1cc(OC)ccc1OC. The Hall–Kier alpha value is -1.26. The minimum atomic E-state index is 0.689. The fourth-order valence-electron chi connectivity index (χ4n) is 1.68. The Kier molecular flexibility index (Phi) is 7.22. The number of hydrogen-bond donors (Lipinski definition) is 1. The highest BCUT2D eigenvalue weighted by Gasteiger charge is 2.04. The van der Waals surface area contributed by atoms with Gasteiger partial charge >= 0.3 is 0 Å². The number of benzene rings is 1. The van der Waals surface area contributed by atoms with E-state index in [0.717, 1.165) is 43.2 Å². The fourth-order valence-corrected chi connectivity index (χ4v) is 1.68. The largest absolute Gasteiger partial charge is 0.497 e. The lowest BCUT2D eigenvalue weighted by atomic mass is 10.1. The van der Waals surface area contributed by atoms with Crippen molar-refractivity contribution in [1.82, 2.24) is 5.32 Å². The molecule has 0 bridgehead atoms. The van der Waals surface area contributed by atoms with Gasteiger partial charge in [0, 0.05) is 12.1 Å². The summed E-state index contributed by atoms with van der Waals surface area (Å²) in [7, 11) is 3.34. The smallest absolute Gasteiger partial charge is 0.122 e. The van der Waals surface area contributed by atoms with Gasteiger partial charge in [0.1, 0.15) is 11.5 Å². The van der Waals surface area contributed by atoms with Crippen LogP contribution in [-0.2, 0) is 11.2 Å². The standard InChI is InChI=1S/C14H23NO3/c1-4-15-8-10-18-9-7-12-11-13(16-2)5-6-14(12)17-3/h5-6,11,15H,4,7-10H2,1-3H3. The average molecular weight is 253 g/mol. The molecule has 1 rings (SSSR count). The molecule has 0 atom stereocenters. The van der Waals surface area contributed by atoms with Gasteiger partial charge in [0.2, 0.25) is 0 Å².